The van der Waals surface area contributed by atoms with Crippen molar-refractivity contribution in [3.8, 4) is 0 Å². The summed E-state index contributed by atoms with van der Waals surface area (Å²) in [7, 11) is 1.52. The number of carbonyl (C=O) groups excluding carboxylic acids is 1. The lowest BCUT2D eigenvalue weighted by atomic mass is 10.2. The van der Waals surface area contributed by atoms with Crippen LogP contribution >= 0.6 is 15.9 Å². The number of benzene rings is 1. The molecule has 0 fully saturated rings. The van der Waals surface area contributed by atoms with Gasteiger partial charge in [0.25, 0.3) is 5.91 Å². The van der Waals surface area contributed by atoms with Crippen LogP contribution < -0.4 is 0 Å². The molecule has 0 bridgehead atoms. The third-order valence-electron chi connectivity index (χ3n) is 2.41. The molecule has 1 aromatic carbocycles. The number of nitrogens with zero attached hydrogens (tertiary/aromatic N) is 1. The fourth-order valence-corrected chi connectivity index (χ4v) is 1.81. The number of hydrogen-bond donors (Lipinski definition) is 1. The van der Waals surface area contributed by atoms with Crippen molar-refractivity contribution in [2.24, 2.45) is 0 Å². The number of carboxylic acids is 1. The van der Waals surface area contributed by atoms with Crippen LogP contribution in [0.4, 0.5) is 4.39 Å². The highest BCUT2D eigenvalue weighted by atomic mass is 79.9. The van der Waals surface area contributed by atoms with E-state index in [-0.39, 0.29) is 23.0 Å². The summed E-state index contributed by atoms with van der Waals surface area (Å²) >= 11 is 3.01. The molecule has 0 heterocycles. The predicted octanol–water partition coefficient (Wildman–Crippen LogP) is 2.53. The zero-order valence-electron chi connectivity index (χ0n) is 9.82. The molecule has 0 aliphatic carbocycles. The minimum Gasteiger partial charge on any atom is -0.481 e. The molecule has 0 radical (unpaired) electrons. The molecule has 1 rings (SSSR count). The van der Waals surface area contributed by atoms with Crippen molar-refractivity contribution >= 4 is 27.8 Å². The van der Waals surface area contributed by atoms with Crippen LogP contribution in [0.25, 0.3) is 0 Å². The third-order valence-corrected chi connectivity index (χ3v) is 3.03. The van der Waals surface area contributed by atoms with Gasteiger partial charge in [0.15, 0.2) is 0 Å². The van der Waals surface area contributed by atoms with Crippen molar-refractivity contribution in [3.05, 3.63) is 34.1 Å². The van der Waals surface area contributed by atoms with Gasteiger partial charge < -0.3 is 10.0 Å². The molecule has 0 saturated heterocycles. The fraction of sp³-hybridized carbons (Fsp3) is 0.333. The topological polar surface area (TPSA) is 57.6 Å². The molecular formula is C12H13BrFNO3. The molecular weight excluding hydrogens is 305 g/mol. The van der Waals surface area contributed by atoms with E-state index in [4.69, 9.17) is 5.11 Å². The molecule has 0 aliphatic heterocycles. The van der Waals surface area contributed by atoms with Crippen LogP contribution in [0, 0.1) is 5.82 Å². The Hall–Kier alpha value is -1.43. The summed E-state index contributed by atoms with van der Waals surface area (Å²) < 4.78 is 13.9. The van der Waals surface area contributed by atoms with Gasteiger partial charge in [-0.1, -0.05) is 6.07 Å². The predicted molar refractivity (Wildman–Crippen MR) is 67.9 cm³/mol. The van der Waals surface area contributed by atoms with Gasteiger partial charge in [-0.05, 0) is 34.5 Å². The number of carboxylic acid groups (broad SMARTS) is 1. The van der Waals surface area contributed by atoms with Gasteiger partial charge in [0, 0.05) is 20.0 Å². The van der Waals surface area contributed by atoms with Crippen molar-refractivity contribution in [1.29, 1.82) is 0 Å². The minimum atomic E-state index is -0.913. The van der Waals surface area contributed by atoms with Gasteiger partial charge in [-0.15, -0.1) is 0 Å². The summed E-state index contributed by atoms with van der Waals surface area (Å²) in [6.45, 7) is 0.275. The van der Waals surface area contributed by atoms with Crippen molar-refractivity contribution in [2.45, 2.75) is 12.8 Å². The molecule has 0 saturated carbocycles. The Balaban J connectivity index is 2.69. The molecule has 0 spiro atoms. The normalized spacial score (nSPS) is 10.2. The van der Waals surface area contributed by atoms with E-state index in [0.717, 1.165) is 0 Å². The Morgan fingerprint density at radius 2 is 2.11 bits per heavy atom. The van der Waals surface area contributed by atoms with Crippen molar-refractivity contribution in [3.63, 3.8) is 0 Å². The lowest BCUT2D eigenvalue weighted by Gasteiger charge is -2.17. The highest BCUT2D eigenvalue weighted by Crippen LogP contribution is 2.19. The highest BCUT2D eigenvalue weighted by molar-refractivity contribution is 9.10. The lowest BCUT2D eigenvalue weighted by molar-refractivity contribution is -0.137. The molecule has 6 heteroatoms. The Labute approximate surface area is 113 Å². The monoisotopic (exact) mass is 317 g/mol. The molecule has 1 aromatic rings. The molecule has 4 nitrogen and oxygen atoms in total. The number of halogens is 2. The van der Waals surface area contributed by atoms with Gasteiger partial charge in [0.05, 0.1) is 10.0 Å². The van der Waals surface area contributed by atoms with E-state index in [1.165, 1.54) is 24.1 Å². The van der Waals surface area contributed by atoms with Gasteiger partial charge in [-0.25, -0.2) is 4.39 Å². The summed E-state index contributed by atoms with van der Waals surface area (Å²) in [6, 6.07) is 4.48. The lowest BCUT2D eigenvalue weighted by Crippen LogP contribution is -2.28. The first-order valence-electron chi connectivity index (χ1n) is 5.34. The molecule has 0 aromatic heterocycles. The van der Waals surface area contributed by atoms with Crippen LogP contribution in [-0.4, -0.2) is 35.5 Å². The maximum absolute atomic E-state index is 13.7. The average molecular weight is 318 g/mol. The molecule has 0 unspecified atom stereocenters. The van der Waals surface area contributed by atoms with Gasteiger partial charge in [-0.3, -0.25) is 9.59 Å². The first-order chi connectivity index (χ1) is 8.43. The first-order valence-corrected chi connectivity index (χ1v) is 6.14. The molecule has 1 amide bonds. The fourth-order valence-electron chi connectivity index (χ4n) is 1.44. The SMILES string of the molecule is CN(CCCC(=O)O)C(=O)c1cccc(Br)c1F. The van der Waals surface area contributed by atoms with Crippen molar-refractivity contribution < 1.29 is 19.1 Å². The number of aliphatic carboxylic acids is 1. The molecule has 0 atom stereocenters. The Kier molecular flexibility index (Phi) is 5.27. The smallest absolute Gasteiger partial charge is 0.303 e. The van der Waals surface area contributed by atoms with E-state index in [9.17, 15) is 14.0 Å². The van der Waals surface area contributed by atoms with Crippen LogP contribution in [0.3, 0.4) is 0 Å². The summed E-state index contributed by atoms with van der Waals surface area (Å²) in [6.07, 6.45) is 0.325. The maximum Gasteiger partial charge on any atom is 0.303 e. The number of amides is 1. The molecule has 98 valence electrons. The quantitative estimate of drug-likeness (QED) is 0.907. The average Bonchev–Trinajstić information content (AvgIpc) is 2.31. The molecule has 0 aliphatic rings. The third kappa shape index (κ3) is 3.80. The maximum atomic E-state index is 13.7. The van der Waals surface area contributed by atoms with E-state index in [1.807, 2.05) is 0 Å². The largest absolute Gasteiger partial charge is 0.481 e. The van der Waals surface area contributed by atoms with Gasteiger partial charge in [-0.2, -0.15) is 0 Å². The van der Waals surface area contributed by atoms with E-state index >= 15 is 0 Å². The zero-order valence-corrected chi connectivity index (χ0v) is 11.4. The first kappa shape index (κ1) is 14.6. The van der Waals surface area contributed by atoms with Gasteiger partial charge in [0.2, 0.25) is 0 Å². The van der Waals surface area contributed by atoms with E-state index in [2.05, 4.69) is 15.9 Å². The standard InChI is InChI=1S/C12H13BrFNO3/c1-15(7-3-6-10(16)17)12(18)8-4-2-5-9(13)11(8)14/h2,4-5H,3,6-7H2,1H3,(H,16,17). The Bertz CT molecular complexity index is 465. The molecule has 1 N–H and O–H groups in total. The highest BCUT2D eigenvalue weighted by Gasteiger charge is 2.17. The van der Waals surface area contributed by atoms with E-state index in [1.54, 1.807) is 6.07 Å². The van der Waals surface area contributed by atoms with Crippen LogP contribution in [0.2, 0.25) is 0 Å². The van der Waals surface area contributed by atoms with Crippen LogP contribution in [0.5, 0.6) is 0 Å². The summed E-state index contributed by atoms with van der Waals surface area (Å²) in [5, 5.41) is 8.49. The Morgan fingerprint density at radius 1 is 1.44 bits per heavy atom. The number of rotatable bonds is 5. The summed E-state index contributed by atoms with van der Waals surface area (Å²) in [4.78, 5) is 23.6. The van der Waals surface area contributed by atoms with Gasteiger partial charge >= 0.3 is 5.97 Å². The number of carbonyl (C=O) groups is 2. The van der Waals surface area contributed by atoms with E-state index in [0.29, 0.717) is 6.42 Å². The second kappa shape index (κ2) is 6.49. The van der Waals surface area contributed by atoms with E-state index < -0.39 is 17.7 Å². The van der Waals surface area contributed by atoms with Crippen LogP contribution in [0.15, 0.2) is 22.7 Å². The summed E-state index contributed by atoms with van der Waals surface area (Å²) in [5.41, 5.74) is -0.0257. The van der Waals surface area contributed by atoms with Crippen LogP contribution in [-0.2, 0) is 4.79 Å². The van der Waals surface area contributed by atoms with Crippen molar-refractivity contribution in [1.82, 2.24) is 4.90 Å². The second-order valence-corrected chi connectivity index (χ2v) is 4.68. The molecule has 18 heavy (non-hydrogen) atoms. The van der Waals surface area contributed by atoms with Crippen LogP contribution in [0.1, 0.15) is 23.2 Å². The number of hydrogen-bond acceptors (Lipinski definition) is 2. The second-order valence-electron chi connectivity index (χ2n) is 3.83. The van der Waals surface area contributed by atoms with Gasteiger partial charge in [0.1, 0.15) is 5.82 Å². The summed E-state index contributed by atoms with van der Waals surface area (Å²) in [5.74, 6) is -1.98. The zero-order chi connectivity index (χ0) is 13.7. The Morgan fingerprint density at radius 3 is 2.72 bits per heavy atom. The minimum absolute atomic E-state index is 0.0153. The van der Waals surface area contributed by atoms with Crippen molar-refractivity contribution in [2.75, 3.05) is 13.6 Å².